The zero-order chi connectivity index (χ0) is 15.1. The maximum atomic E-state index is 4.73. The molecule has 0 saturated carbocycles. The maximum absolute atomic E-state index is 4.73. The summed E-state index contributed by atoms with van der Waals surface area (Å²) < 4.78 is 0. The van der Waals surface area contributed by atoms with Crippen molar-refractivity contribution >= 4 is 11.6 Å². The van der Waals surface area contributed by atoms with Crippen LogP contribution in [0.25, 0.3) is 0 Å². The van der Waals surface area contributed by atoms with Crippen molar-refractivity contribution in [3.63, 3.8) is 0 Å². The van der Waals surface area contributed by atoms with Crippen molar-refractivity contribution in [3.05, 3.63) is 11.9 Å². The second kappa shape index (κ2) is 8.04. The summed E-state index contributed by atoms with van der Waals surface area (Å²) in [6.45, 7) is 9.48. The number of aromatic nitrogens is 2. The first kappa shape index (κ1) is 16.7. The second-order valence-corrected chi connectivity index (χ2v) is 5.66. The van der Waals surface area contributed by atoms with Crippen LogP contribution < -0.4 is 10.2 Å². The van der Waals surface area contributed by atoms with Gasteiger partial charge in [0, 0.05) is 38.7 Å². The van der Waals surface area contributed by atoms with Crippen LogP contribution in [-0.2, 0) is 0 Å². The van der Waals surface area contributed by atoms with Crippen LogP contribution in [0.1, 0.15) is 38.9 Å². The minimum Gasteiger partial charge on any atom is -0.373 e. The van der Waals surface area contributed by atoms with E-state index in [2.05, 4.69) is 55.0 Å². The number of nitrogens with zero attached hydrogens (tertiary/aromatic N) is 4. The Kier molecular flexibility index (Phi) is 6.71. The van der Waals surface area contributed by atoms with Gasteiger partial charge in [0.05, 0.1) is 0 Å². The predicted molar refractivity (Wildman–Crippen MR) is 86.7 cm³/mol. The zero-order valence-corrected chi connectivity index (χ0v) is 13.8. The van der Waals surface area contributed by atoms with E-state index in [1.54, 1.807) is 0 Å². The highest BCUT2D eigenvalue weighted by atomic mass is 15.2. The van der Waals surface area contributed by atoms with Crippen molar-refractivity contribution in [3.8, 4) is 0 Å². The lowest BCUT2D eigenvalue weighted by Gasteiger charge is -2.26. The molecule has 5 heteroatoms. The molecule has 0 aliphatic heterocycles. The van der Waals surface area contributed by atoms with Gasteiger partial charge in [-0.1, -0.05) is 20.8 Å². The van der Waals surface area contributed by atoms with Crippen molar-refractivity contribution in [2.24, 2.45) is 0 Å². The van der Waals surface area contributed by atoms with Gasteiger partial charge in [-0.2, -0.15) is 0 Å². The summed E-state index contributed by atoms with van der Waals surface area (Å²) in [7, 11) is 6.10. The normalized spacial score (nSPS) is 11.2. The van der Waals surface area contributed by atoms with Crippen LogP contribution >= 0.6 is 0 Å². The fourth-order valence-corrected chi connectivity index (χ4v) is 1.93. The number of anilines is 2. The van der Waals surface area contributed by atoms with Gasteiger partial charge in [-0.25, -0.2) is 9.97 Å². The van der Waals surface area contributed by atoms with E-state index in [0.717, 1.165) is 43.5 Å². The van der Waals surface area contributed by atoms with Crippen molar-refractivity contribution in [1.82, 2.24) is 14.9 Å². The molecule has 0 bridgehead atoms. The zero-order valence-electron chi connectivity index (χ0n) is 13.8. The molecule has 0 atom stereocenters. The SMILES string of the molecule is CCCN(CCN(C)C)c1cc(NC)nc(C(C)C)n1. The maximum Gasteiger partial charge on any atom is 0.135 e. The second-order valence-electron chi connectivity index (χ2n) is 5.66. The number of likely N-dealkylation sites (N-methyl/N-ethyl adjacent to an activating group) is 1. The van der Waals surface area contributed by atoms with Crippen molar-refractivity contribution < 1.29 is 0 Å². The summed E-state index contributed by atoms with van der Waals surface area (Å²) in [5.41, 5.74) is 0. The van der Waals surface area contributed by atoms with Gasteiger partial charge in [0.25, 0.3) is 0 Å². The first-order chi connectivity index (χ1) is 9.47. The van der Waals surface area contributed by atoms with Gasteiger partial charge < -0.3 is 15.1 Å². The van der Waals surface area contributed by atoms with Crippen LogP contribution in [0, 0.1) is 0 Å². The Morgan fingerprint density at radius 3 is 2.35 bits per heavy atom. The predicted octanol–water partition coefficient (Wildman–Crippen LogP) is 2.42. The first-order valence-corrected chi connectivity index (χ1v) is 7.44. The lowest BCUT2D eigenvalue weighted by atomic mass is 10.2. The highest BCUT2D eigenvalue weighted by Crippen LogP contribution is 2.20. The topological polar surface area (TPSA) is 44.3 Å². The van der Waals surface area contributed by atoms with Crippen LogP contribution in [0.3, 0.4) is 0 Å². The first-order valence-electron chi connectivity index (χ1n) is 7.44. The van der Waals surface area contributed by atoms with Gasteiger partial charge in [-0.05, 0) is 20.5 Å². The van der Waals surface area contributed by atoms with Crippen LogP contribution in [0.15, 0.2) is 6.07 Å². The molecule has 1 heterocycles. The highest BCUT2D eigenvalue weighted by molar-refractivity contribution is 5.49. The molecular formula is C15H29N5. The molecule has 0 aromatic carbocycles. The molecule has 114 valence electrons. The monoisotopic (exact) mass is 279 g/mol. The molecule has 0 radical (unpaired) electrons. The van der Waals surface area contributed by atoms with Crippen LogP contribution in [0.5, 0.6) is 0 Å². The van der Waals surface area contributed by atoms with Crippen LogP contribution in [0.2, 0.25) is 0 Å². The third-order valence-electron chi connectivity index (χ3n) is 3.14. The smallest absolute Gasteiger partial charge is 0.135 e. The Balaban J connectivity index is 3.01. The number of nitrogens with one attached hydrogen (secondary N) is 1. The van der Waals surface area contributed by atoms with E-state index >= 15 is 0 Å². The third kappa shape index (κ3) is 4.96. The summed E-state index contributed by atoms with van der Waals surface area (Å²) in [4.78, 5) is 13.8. The molecule has 0 saturated heterocycles. The Bertz CT molecular complexity index is 403. The molecule has 0 aliphatic rings. The number of hydrogen-bond acceptors (Lipinski definition) is 5. The standard InChI is InChI=1S/C15H29N5/c1-7-8-20(10-9-19(5)6)14-11-13(16-4)17-15(18-14)12(2)3/h11-12H,7-10H2,1-6H3,(H,16,17,18). The van der Waals surface area contributed by atoms with E-state index in [1.807, 2.05) is 13.1 Å². The largest absolute Gasteiger partial charge is 0.373 e. The fraction of sp³-hybridized carbons (Fsp3) is 0.733. The highest BCUT2D eigenvalue weighted by Gasteiger charge is 2.13. The molecule has 1 rings (SSSR count). The molecule has 5 nitrogen and oxygen atoms in total. The lowest BCUT2D eigenvalue weighted by molar-refractivity contribution is 0.412. The van der Waals surface area contributed by atoms with Gasteiger partial charge >= 0.3 is 0 Å². The Morgan fingerprint density at radius 2 is 1.85 bits per heavy atom. The third-order valence-corrected chi connectivity index (χ3v) is 3.14. The molecular weight excluding hydrogens is 250 g/mol. The minimum atomic E-state index is 0.333. The molecule has 1 N–H and O–H groups in total. The summed E-state index contributed by atoms with van der Waals surface area (Å²) >= 11 is 0. The van der Waals surface area contributed by atoms with Crippen LogP contribution in [0.4, 0.5) is 11.6 Å². The van der Waals surface area contributed by atoms with E-state index < -0.39 is 0 Å². The Hall–Kier alpha value is -1.36. The average Bonchev–Trinajstić information content (AvgIpc) is 2.42. The summed E-state index contributed by atoms with van der Waals surface area (Å²) in [5.74, 6) is 3.15. The fourth-order valence-electron chi connectivity index (χ4n) is 1.93. The molecule has 0 unspecified atom stereocenters. The van der Waals surface area contributed by atoms with E-state index in [0.29, 0.717) is 5.92 Å². The number of rotatable bonds is 8. The van der Waals surface area contributed by atoms with Gasteiger partial charge in [0.1, 0.15) is 17.5 Å². The van der Waals surface area contributed by atoms with E-state index in [1.165, 1.54) is 0 Å². The van der Waals surface area contributed by atoms with Gasteiger partial charge in [-0.15, -0.1) is 0 Å². The lowest BCUT2D eigenvalue weighted by Crippen LogP contribution is -2.33. The summed E-state index contributed by atoms with van der Waals surface area (Å²) in [6.07, 6.45) is 1.11. The van der Waals surface area contributed by atoms with E-state index in [9.17, 15) is 0 Å². The molecule has 0 spiro atoms. The molecule has 0 fully saturated rings. The van der Waals surface area contributed by atoms with E-state index in [-0.39, 0.29) is 0 Å². The quantitative estimate of drug-likeness (QED) is 0.792. The van der Waals surface area contributed by atoms with Gasteiger partial charge in [-0.3, -0.25) is 0 Å². The molecule has 1 aromatic rings. The van der Waals surface area contributed by atoms with Gasteiger partial charge in [0.15, 0.2) is 0 Å². The average molecular weight is 279 g/mol. The Labute approximate surface area is 123 Å². The van der Waals surface area contributed by atoms with E-state index in [4.69, 9.17) is 4.98 Å². The van der Waals surface area contributed by atoms with Crippen molar-refractivity contribution in [2.45, 2.75) is 33.1 Å². The molecule has 0 amide bonds. The van der Waals surface area contributed by atoms with Crippen molar-refractivity contribution in [2.75, 3.05) is 51.0 Å². The summed E-state index contributed by atoms with van der Waals surface area (Å²) in [5, 5.41) is 3.14. The van der Waals surface area contributed by atoms with Gasteiger partial charge in [0.2, 0.25) is 0 Å². The summed E-state index contributed by atoms with van der Waals surface area (Å²) in [6, 6.07) is 2.04. The molecule has 1 aromatic heterocycles. The number of hydrogen-bond donors (Lipinski definition) is 1. The van der Waals surface area contributed by atoms with Crippen LogP contribution in [-0.4, -0.2) is 55.6 Å². The minimum absolute atomic E-state index is 0.333. The Morgan fingerprint density at radius 1 is 1.15 bits per heavy atom. The molecule has 0 aliphatic carbocycles. The van der Waals surface area contributed by atoms with Crippen molar-refractivity contribution in [1.29, 1.82) is 0 Å². The molecule has 20 heavy (non-hydrogen) atoms.